The molecule has 2 nitrogen and oxygen atoms in total. The highest BCUT2D eigenvalue weighted by Crippen LogP contribution is 2.29. The van der Waals surface area contributed by atoms with E-state index >= 15 is 0 Å². The van der Waals surface area contributed by atoms with E-state index in [1.807, 2.05) is 12.1 Å². The van der Waals surface area contributed by atoms with Gasteiger partial charge in [0.25, 0.3) is 0 Å². The normalized spacial score (nSPS) is 13.9. The molecule has 1 atom stereocenters. The van der Waals surface area contributed by atoms with Crippen LogP contribution in [0.1, 0.15) is 44.4 Å². The van der Waals surface area contributed by atoms with Gasteiger partial charge in [0.05, 0.1) is 0 Å². The predicted molar refractivity (Wildman–Crippen MR) is 63.8 cm³/mol. The van der Waals surface area contributed by atoms with Crippen LogP contribution in [0.5, 0.6) is 0 Å². The lowest BCUT2D eigenvalue weighted by atomic mass is 9.81. The van der Waals surface area contributed by atoms with E-state index in [-0.39, 0.29) is 18.1 Å². The Bertz CT molecular complexity index is 315. The monoisotopic (exact) mass is 207 g/mol. The molecule has 1 aromatic carbocycles. The summed E-state index contributed by atoms with van der Waals surface area (Å²) in [5, 5.41) is 8.91. The Morgan fingerprint density at radius 1 is 1.27 bits per heavy atom. The van der Waals surface area contributed by atoms with Crippen molar-refractivity contribution >= 4 is 0 Å². The van der Waals surface area contributed by atoms with Gasteiger partial charge in [0.2, 0.25) is 0 Å². The van der Waals surface area contributed by atoms with Crippen molar-refractivity contribution in [2.45, 2.75) is 38.6 Å². The highest BCUT2D eigenvalue weighted by Gasteiger charge is 2.20. The zero-order chi connectivity index (χ0) is 11.5. The summed E-state index contributed by atoms with van der Waals surface area (Å²) in [6.45, 7) is 6.67. The number of aliphatic hydroxyl groups excluding tert-OH is 1. The third-order valence-corrected chi connectivity index (χ3v) is 2.61. The Balaban J connectivity index is 3.06. The second-order valence-corrected chi connectivity index (χ2v) is 4.96. The van der Waals surface area contributed by atoms with Crippen LogP contribution in [0.25, 0.3) is 0 Å². The van der Waals surface area contributed by atoms with Crippen LogP contribution >= 0.6 is 0 Å². The molecule has 0 aliphatic rings. The minimum absolute atomic E-state index is 0.0644. The molecule has 3 N–H and O–H groups in total. The maximum Gasteiger partial charge on any atom is 0.0449 e. The van der Waals surface area contributed by atoms with Crippen LogP contribution in [0.4, 0.5) is 0 Å². The lowest BCUT2D eigenvalue weighted by molar-refractivity contribution is 0.276. The van der Waals surface area contributed by atoms with Crippen molar-refractivity contribution < 1.29 is 5.11 Å². The Morgan fingerprint density at radius 2 is 1.87 bits per heavy atom. The lowest BCUT2D eigenvalue weighted by Crippen LogP contribution is -2.20. The minimum atomic E-state index is -0.0644. The van der Waals surface area contributed by atoms with Crippen molar-refractivity contribution in [3.05, 3.63) is 35.4 Å². The van der Waals surface area contributed by atoms with Crippen LogP contribution in [0.2, 0.25) is 0 Å². The van der Waals surface area contributed by atoms with Gasteiger partial charge >= 0.3 is 0 Å². The molecule has 1 aromatic rings. The number of hydrogen-bond donors (Lipinski definition) is 2. The number of nitrogens with two attached hydrogens (primary N) is 1. The molecule has 2 heteroatoms. The third kappa shape index (κ3) is 3.05. The van der Waals surface area contributed by atoms with Gasteiger partial charge in [0, 0.05) is 12.6 Å². The number of hydrogen-bond acceptors (Lipinski definition) is 2. The fourth-order valence-corrected chi connectivity index (χ4v) is 1.80. The van der Waals surface area contributed by atoms with Gasteiger partial charge in [0.1, 0.15) is 0 Å². The van der Waals surface area contributed by atoms with E-state index in [0.717, 1.165) is 5.56 Å². The Hall–Kier alpha value is -0.860. The first-order chi connectivity index (χ1) is 6.96. The number of rotatable bonds is 3. The van der Waals surface area contributed by atoms with Crippen molar-refractivity contribution in [3.8, 4) is 0 Å². The molecule has 0 saturated heterocycles. The predicted octanol–water partition coefficient (Wildman–Crippen LogP) is 2.37. The zero-order valence-electron chi connectivity index (χ0n) is 9.83. The summed E-state index contributed by atoms with van der Waals surface area (Å²) in [5.74, 6) is 0. The maximum absolute atomic E-state index is 8.91. The minimum Gasteiger partial charge on any atom is -0.396 e. The van der Waals surface area contributed by atoms with Gasteiger partial charge in [-0.25, -0.2) is 0 Å². The quantitative estimate of drug-likeness (QED) is 0.799. The largest absolute Gasteiger partial charge is 0.396 e. The Labute approximate surface area is 92.1 Å². The molecular formula is C13H21NO. The first-order valence-corrected chi connectivity index (χ1v) is 5.42. The maximum atomic E-state index is 8.91. The molecule has 0 radical (unpaired) electrons. The average Bonchev–Trinajstić information content (AvgIpc) is 2.17. The van der Waals surface area contributed by atoms with Crippen LogP contribution in [-0.4, -0.2) is 11.7 Å². The van der Waals surface area contributed by atoms with E-state index in [1.54, 1.807) is 0 Å². The highest BCUT2D eigenvalue weighted by molar-refractivity contribution is 5.34. The molecular weight excluding hydrogens is 186 g/mol. The van der Waals surface area contributed by atoms with Crippen molar-refractivity contribution in [1.29, 1.82) is 0 Å². The van der Waals surface area contributed by atoms with Gasteiger partial charge in [-0.15, -0.1) is 0 Å². The van der Waals surface area contributed by atoms with E-state index in [9.17, 15) is 0 Å². The van der Waals surface area contributed by atoms with Crippen molar-refractivity contribution in [3.63, 3.8) is 0 Å². The van der Waals surface area contributed by atoms with E-state index in [0.29, 0.717) is 6.42 Å². The molecule has 0 spiro atoms. The van der Waals surface area contributed by atoms with Crippen LogP contribution in [-0.2, 0) is 5.41 Å². The molecule has 0 bridgehead atoms. The average molecular weight is 207 g/mol. The second kappa shape index (κ2) is 4.77. The topological polar surface area (TPSA) is 46.2 Å². The standard InChI is InChI=1S/C13H21NO/c1-13(2,3)11-7-5-4-6-10(11)12(14)8-9-15/h4-7,12,15H,8-9,14H2,1-3H3. The van der Waals surface area contributed by atoms with Gasteiger partial charge in [0.15, 0.2) is 0 Å². The van der Waals surface area contributed by atoms with Gasteiger partial charge < -0.3 is 10.8 Å². The molecule has 84 valence electrons. The molecule has 0 fully saturated rings. The molecule has 0 heterocycles. The highest BCUT2D eigenvalue weighted by atomic mass is 16.3. The molecule has 1 unspecified atom stereocenters. The molecule has 0 aromatic heterocycles. The molecule has 1 rings (SSSR count). The molecule has 0 aliphatic carbocycles. The van der Waals surface area contributed by atoms with Crippen molar-refractivity contribution in [2.24, 2.45) is 5.73 Å². The van der Waals surface area contributed by atoms with Gasteiger partial charge in [-0.1, -0.05) is 45.0 Å². The van der Waals surface area contributed by atoms with Crippen LogP contribution in [0.15, 0.2) is 24.3 Å². The Kier molecular flexibility index (Phi) is 3.89. The van der Waals surface area contributed by atoms with Gasteiger partial charge in [-0.3, -0.25) is 0 Å². The molecule has 0 aliphatic heterocycles. The van der Waals surface area contributed by atoms with Crippen LogP contribution < -0.4 is 5.73 Å². The van der Waals surface area contributed by atoms with Crippen molar-refractivity contribution in [2.75, 3.05) is 6.61 Å². The van der Waals surface area contributed by atoms with E-state index in [1.165, 1.54) is 5.56 Å². The first-order valence-electron chi connectivity index (χ1n) is 5.42. The fourth-order valence-electron chi connectivity index (χ4n) is 1.80. The molecule has 15 heavy (non-hydrogen) atoms. The third-order valence-electron chi connectivity index (χ3n) is 2.61. The summed E-state index contributed by atoms with van der Waals surface area (Å²) in [6, 6.07) is 8.15. The smallest absolute Gasteiger partial charge is 0.0449 e. The summed E-state index contributed by atoms with van der Waals surface area (Å²) in [6.07, 6.45) is 0.618. The van der Waals surface area contributed by atoms with E-state index < -0.39 is 0 Å². The van der Waals surface area contributed by atoms with E-state index in [2.05, 4.69) is 32.9 Å². The summed E-state index contributed by atoms with van der Waals surface area (Å²) in [7, 11) is 0. The zero-order valence-corrected chi connectivity index (χ0v) is 9.83. The number of aliphatic hydroxyl groups is 1. The second-order valence-electron chi connectivity index (χ2n) is 4.96. The summed E-state index contributed by atoms with van der Waals surface area (Å²) < 4.78 is 0. The summed E-state index contributed by atoms with van der Waals surface area (Å²) >= 11 is 0. The van der Waals surface area contributed by atoms with E-state index in [4.69, 9.17) is 10.8 Å². The number of benzene rings is 1. The fraction of sp³-hybridized carbons (Fsp3) is 0.538. The molecule has 0 saturated carbocycles. The lowest BCUT2D eigenvalue weighted by Gasteiger charge is -2.25. The Morgan fingerprint density at radius 3 is 2.40 bits per heavy atom. The van der Waals surface area contributed by atoms with Crippen LogP contribution in [0.3, 0.4) is 0 Å². The van der Waals surface area contributed by atoms with Crippen molar-refractivity contribution in [1.82, 2.24) is 0 Å². The molecule has 0 amide bonds. The van der Waals surface area contributed by atoms with Gasteiger partial charge in [-0.05, 0) is 23.0 Å². The summed E-state index contributed by atoms with van der Waals surface area (Å²) in [5.41, 5.74) is 8.57. The first kappa shape index (κ1) is 12.2. The van der Waals surface area contributed by atoms with Crippen LogP contribution in [0, 0.1) is 0 Å². The SMILES string of the molecule is CC(C)(C)c1ccccc1C(N)CCO. The summed E-state index contributed by atoms with van der Waals surface area (Å²) in [4.78, 5) is 0. The van der Waals surface area contributed by atoms with Gasteiger partial charge in [-0.2, -0.15) is 0 Å².